The van der Waals surface area contributed by atoms with Crippen LogP contribution in [0, 0.1) is 3.57 Å². The highest BCUT2D eigenvalue weighted by molar-refractivity contribution is 14.1. The third-order valence-electron chi connectivity index (χ3n) is 3.21. The lowest BCUT2D eigenvalue weighted by atomic mass is 9.99. The van der Waals surface area contributed by atoms with Gasteiger partial charge < -0.3 is 0 Å². The van der Waals surface area contributed by atoms with Crippen molar-refractivity contribution in [2.24, 2.45) is 0 Å². The summed E-state index contributed by atoms with van der Waals surface area (Å²) in [5.41, 5.74) is 5.42. The number of benzene rings is 2. The summed E-state index contributed by atoms with van der Waals surface area (Å²) in [5, 5.41) is 0. The van der Waals surface area contributed by atoms with Crippen molar-refractivity contribution in [2.75, 3.05) is 0 Å². The smallest absolute Gasteiger partial charge is 0.0286 e. The standard InChI is InChI=1S/C16H16BrI/c1-3-11-7-5-9-13(15(11)17)14-10-6-8-12(4-2)16(14)18/h5-10H,3-4H2,1-2H3. The van der Waals surface area contributed by atoms with Crippen LogP contribution >= 0.6 is 38.5 Å². The molecule has 0 spiro atoms. The van der Waals surface area contributed by atoms with Crippen molar-refractivity contribution in [2.45, 2.75) is 26.7 Å². The average Bonchev–Trinajstić information content (AvgIpc) is 2.40. The van der Waals surface area contributed by atoms with Gasteiger partial charge in [0.05, 0.1) is 0 Å². The van der Waals surface area contributed by atoms with E-state index in [9.17, 15) is 0 Å². The van der Waals surface area contributed by atoms with Crippen molar-refractivity contribution in [1.82, 2.24) is 0 Å². The molecule has 2 aromatic carbocycles. The molecule has 2 rings (SSSR count). The summed E-state index contributed by atoms with van der Waals surface area (Å²) in [5.74, 6) is 0. The summed E-state index contributed by atoms with van der Waals surface area (Å²) in [7, 11) is 0. The molecule has 0 amide bonds. The van der Waals surface area contributed by atoms with Gasteiger partial charge in [-0.25, -0.2) is 0 Å². The van der Waals surface area contributed by atoms with Crippen LogP contribution in [0.4, 0.5) is 0 Å². The molecule has 0 saturated carbocycles. The summed E-state index contributed by atoms with van der Waals surface area (Å²) in [6.07, 6.45) is 2.13. The van der Waals surface area contributed by atoms with Crippen molar-refractivity contribution in [3.63, 3.8) is 0 Å². The number of hydrogen-bond donors (Lipinski definition) is 0. The van der Waals surface area contributed by atoms with Crippen LogP contribution in [0.5, 0.6) is 0 Å². The molecule has 0 nitrogen and oxygen atoms in total. The Balaban J connectivity index is 2.62. The SMILES string of the molecule is CCc1cccc(-c2cccc(CC)c2I)c1Br. The Kier molecular flexibility index (Phi) is 4.84. The second-order valence-corrected chi connectivity index (χ2v) is 6.14. The first-order valence-electron chi connectivity index (χ1n) is 6.24. The van der Waals surface area contributed by atoms with E-state index in [4.69, 9.17) is 0 Å². The first kappa shape index (κ1) is 14.1. The Hall–Kier alpha value is -0.350. The van der Waals surface area contributed by atoms with Crippen LogP contribution in [-0.4, -0.2) is 0 Å². The molecular formula is C16H16BrI. The van der Waals surface area contributed by atoms with Crippen LogP contribution in [0.15, 0.2) is 40.9 Å². The van der Waals surface area contributed by atoms with E-state index in [2.05, 4.69) is 88.8 Å². The normalized spacial score (nSPS) is 10.7. The molecule has 0 atom stereocenters. The molecule has 0 fully saturated rings. The zero-order chi connectivity index (χ0) is 13.1. The van der Waals surface area contributed by atoms with Gasteiger partial charge in [-0.15, -0.1) is 0 Å². The van der Waals surface area contributed by atoms with Crippen LogP contribution in [0.2, 0.25) is 0 Å². The molecule has 2 aromatic rings. The number of rotatable bonds is 3. The molecule has 0 aliphatic heterocycles. The van der Waals surface area contributed by atoms with E-state index in [-0.39, 0.29) is 0 Å². The Bertz CT molecular complexity index is 510. The van der Waals surface area contributed by atoms with Gasteiger partial charge in [0.2, 0.25) is 0 Å². The fraction of sp³-hybridized carbons (Fsp3) is 0.250. The molecule has 0 radical (unpaired) electrons. The van der Waals surface area contributed by atoms with Crippen molar-refractivity contribution in [3.8, 4) is 11.1 Å². The van der Waals surface area contributed by atoms with Crippen LogP contribution < -0.4 is 0 Å². The Morgan fingerprint density at radius 3 is 2.06 bits per heavy atom. The molecule has 0 aliphatic carbocycles. The van der Waals surface area contributed by atoms with E-state index in [0.717, 1.165) is 12.8 Å². The van der Waals surface area contributed by atoms with Crippen LogP contribution in [0.3, 0.4) is 0 Å². The molecule has 0 heterocycles. The van der Waals surface area contributed by atoms with Crippen molar-refractivity contribution in [3.05, 3.63) is 55.6 Å². The van der Waals surface area contributed by atoms with Crippen molar-refractivity contribution < 1.29 is 0 Å². The molecule has 0 saturated heterocycles. The summed E-state index contributed by atoms with van der Waals surface area (Å²) >= 11 is 6.22. The lowest BCUT2D eigenvalue weighted by molar-refractivity contribution is 1.12. The van der Waals surface area contributed by atoms with Gasteiger partial charge in [0, 0.05) is 8.04 Å². The zero-order valence-electron chi connectivity index (χ0n) is 10.6. The molecular weight excluding hydrogens is 399 g/mol. The molecule has 0 bridgehead atoms. The summed E-state index contributed by atoms with van der Waals surface area (Å²) < 4.78 is 2.60. The Morgan fingerprint density at radius 2 is 1.44 bits per heavy atom. The maximum absolute atomic E-state index is 3.76. The maximum atomic E-state index is 3.76. The predicted octanol–water partition coefficient (Wildman–Crippen LogP) is 5.85. The first-order chi connectivity index (χ1) is 8.69. The Labute approximate surface area is 131 Å². The third kappa shape index (κ3) is 2.64. The fourth-order valence-corrected chi connectivity index (χ4v) is 3.91. The van der Waals surface area contributed by atoms with Gasteiger partial charge in [0.15, 0.2) is 0 Å². The van der Waals surface area contributed by atoms with E-state index in [1.165, 1.54) is 30.3 Å². The highest BCUT2D eigenvalue weighted by atomic mass is 127. The van der Waals surface area contributed by atoms with Gasteiger partial charge >= 0.3 is 0 Å². The molecule has 18 heavy (non-hydrogen) atoms. The minimum absolute atomic E-state index is 1.05. The molecule has 0 aromatic heterocycles. The zero-order valence-corrected chi connectivity index (χ0v) is 14.4. The van der Waals surface area contributed by atoms with Crippen LogP contribution in [0.25, 0.3) is 11.1 Å². The maximum Gasteiger partial charge on any atom is 0.0286 e. The van der Waals surface area contributed by atoms with E-state index < -0.39 is 0 Å². The summed E-state index contributed by atoms with van der Waals surface area (Å²) in [6, 6.07) is 13.1. The lowest BCUT2D eigenvalue weighted by Crippen LogP contribution is -1.93. The van der Waals surface area contributed by atoms with E-state index in [0.29, 0.717) is 0 Å². The highest BCUT2D eigenvalue weighted by Crippen LogP contribution is 2.35. The summed E-state index contributed by atoms with van der Waals surface area (Å²) in [4.78, 5) is 0. The topological polar surface area (TPSA) is 0 Å². The second kappa shape index (κ2) is 6.20. The van der Waals surface area contributed by atoms with Gasteiger partial charge in [-0.3, -0.25) is 0 Å². The van der Waals surface area contributed by atoms with Crippen molar-refractivity contribution >= 4 is 38.5 Å². The predicted molar refractivity (Wildman–Crippen MR) is 91.1 cm³/mol. The first-order valence-corrected chi connectivity index (χ1v) is 8.11. The molecule has 94 valence electrons. The minimum atomic E-state index is 1.05. The van der Waals surface area contributed by atoms with E-state index in [1.807, 2.05) is 0 Å². The minimum Gasteiger partial charge on any atom is -0.0613 e. The van der Waals surface area contributed by atoms with Crippen LogP contribution in [-0.2, 0) is 12.8 Å². The van der Waals surface area contributed by atoms with Gasteiger partial charge in [-0.2, -0.15) is 0 Å². The van der Waals surface area contributed by atoms with E-state index >= 15 is 0 Å². The second-order valence-electron chi connectivity index (χ2n) is 4.26. The van der Waals surface area contributed by atoms with Crippen LogP contribution in [0.1, 0.15) is 25.0 Å². The number of aryl methyl sites for hydroxylation is 2. The summed E-state index contributed by atoms with van der Waals surface area (Å²) in [6.45, 7) is 4.40. The molecule has 0 unspecified atom stereocenters. The van der Waals surface area contributed by atoms with Gasteiger partial charge in [0.25, 0.3) is 0 Å². The molecule has 2 heteroatoms. The quantitative estimate of drug-likeness (QED) is 0.553. The number of halogens is 2. The van der Waals surface area contributed by atoms with Gasteiger partial charge in [-0.1, -0.05) is 50.2 Å². The van der Waals surface area contributed by atoms with Gasteiger partial charge in [-0.05, 0) is 73.6 Å². The lowest BCUT2D eigenvalue weighted by Gasteiger charge is -2.12. The number of hydrogen-bond acceptors (Lipinski definition) is 0. The molecule has 0 N–H and O–H groups in total. The third-order valence-corrected chi connectivity index (χ3v) is 5.42. The van der Waals surface area contributed by atoms with Crippen molar-refractivity contribution in [1.29, 1.82) is 0 Å². The average molecular weight is 415 g/mol. The fourth-order valence-electron chi connectivity index (χ4n) is 2.12. The van der Waals surface area contributed by atoms with E-state index in [1.54, 1.807) is 0 Å². The molecule has 0 aliphatic rings. The van der Waals surface area contributed by atoms with Gasteiger partial charge in [0.1, 0.15) is 0 Å². The monoisotopic (exact) mass is 414 g/mol. The Morgan fingerprint density at radius 1 is 0.889 bits per heavy atom. The largest absolute Gasteiger partial charge is 0.0613 e. The highest BCUT2D eigenvalue weighted by Gasteiger charge is 2.11.